The molecule has 2 aromatic rings. The number of benzene rings is 1. The Hall–Kier alpha value is -2.40. The number of aliphatic hydroxyl groups is 2. The lowest BCUT2D eigenvalue weighted by Gasteiger charge is -2.17. The monoisotopic (exact) mass is 284 g/mol. The number of aliphatic hydroxyl groups excluding tert-OH is 2. The van der Waals surface area contributed by atoms with Gasteiger partial charge in [0.2, 0.25) is 0 Å². The van der Waals surface area contributed by atoms with Crippen LogP contribution in [-0.2, 0) is 0 Å². The molecule has 2 unspecified atom stereocenters. The first kappa shape index (κ1) is 15.0. The first-order valence-corrected chi connectivity index (χ1v) is 6.60. The number of rotatable bonds is 6. The summed E-state index contributed by atoms with van der Waals surface area (Å²) in [7, 11) is 0. The van der Waals surface area contributed by atoms with Gasteiger partial charge in [-0.2, -0.15) is 0 Å². The van der Waals surface area contributed by atoms with Crippen molar-refractivity contribution in [3.63, 3.8) is 0 Å². The van der Waals surface area contributed by atoms with Crippen LogP contribution in [0, 0.1) is 0 Å². The van der Waals surface area contributed by atoms with Crippen molar-refractivity contribution < 1.29 is 10.2 Å². The average Bonchev–Trinajstić information content (AvgIpc) is 2.55. The zero-order valence-electron chi connectivity index (χ0n) is 11.4. The summed E-state index contributed by atoms with van der Waals surface area (Å²) >= 11 is 0. The van der Waals surface area contributed by atoms with Crippen LogP contribution in [0.25, 0.3) is 21.7 Å². The summed E-state index contributed by atoms with van der Waals surface area (Å²) in [5.41, 5.74) is 10.6. The van der Waals surface area contributed by atoms with E-state index in [1.807, 2.05) is 30.3 Å². The molecule has 0 bridgehead atoms. The lowest BCUT2D eigenvalue weighted by Crippen LogP contribution is -2.19. The van der Waals surface area contributed by atoms with Crippen LogP contribution in [0.2, 0.25) is 0 Å². The van der Waals surface area contributed by atoms with Crippen molar-refractivity contribution in [1.29, 1.82) is 0 Å². The molecule has 0 aliphatic heterocycles. The van der Waals surface area contributed by atoms with Gasteiger partial charge in [0.25, 0.3) is 0 Å². The van der Waals surface area contributed by atoms with Crippen LogP contribution in [0.3, 0.4) is 0 Å². The molecule has 0 aliphatic carbocycles. The Morgan fingerprint density at radius 3 is 2.52 bits per heavy atom. The van der Waals surface area contributed by atoms with Gasteiger partial charge in [-0.3, -0.25) is 4.98 Å². The molecule has 2 N–H and O–H groups in total. The molecule has 0 saturated heterocycles. The van der Waals surface area contributed by atoms with E-state index < -0.39 is 12.2 Å². The van der Waals surface area contributed by atoms with Crippen molar-refractivity contribution in [2.45, 2.75) is 18.6 Å². The lowest BCUT2D eigenvalue weighted by molar-refractivity contribution is 0.0150. The molecule has 1 aromatic carbocycles. The minimum Gasteiger partial charge on any atom is -0.390 e. The Kier molecular flexibility index (Phi) is 5.29. The molecule has 6 heteroatoms. The molecule has 0 amide bonds. The quantitative estimate of drug-likeness (QED) is 0.484. The number of aromatic nitrogens is 1. The molecular formula is C15H16N4O2. The molecule has 6 nitrogen and oxygen atoms in total. The highest BCUT2D eigenvalue weighted by Crippen LogP contribution is 2.23. The maximum absolute atomic E-state index is 10.0. The summed E-state index contributed by atoms with van der Waals surface area (Å²) < 4.78 is 0. The second kappa shape index (κ2) is 7.40. The van der Waals surface area contributed by atoms with Crippen molar-refractivity contribution in [1.82, 2.24) is 4.98 Å². The largest absolute Gasteiger partial charge is 0.390 e. The van der Waals surface area contributed by atoms with Crippen LogP contribution >= 0.6 is 0 Å². The van der Waals surface area contributed by atoms with E-state index in [9.17, 15) is 10.2 Å². The van der Waals surface area contributed by atoms with Gasteiger partial charge in [-0.1, -0.05) is 35.4 Å². The van der Waals surface area contributed by atoms with Crippen LogP contribution in [0.1, 0.15) is 18.1 Å². The molecule has 0 radical (unpaired) electrons. The zero-order chi connectivity index (χ0) is 15.1. The van der Waals surface area contributed by atoms with Crippen LogP contribution in [0.15, 0.2) is 53.8 Å². The second-order valence-electron chi connectivity index (χ2n) is 4.59. The average molecular weight is 284 g/mol. The summed E-state index contributed by atoms with van der Waals surface area (Å²) in [6, 6.07) is 12.9. The summed E-state index contributed by atoms with van der Waals surface area (Å²) in [6.07, 6.45) is -0.0296. The fraction of sp³-hybridized carbons (Fsp3) is 0.267. The van der Waals surface area contributed by atoms with Crippen LogP contribution in [0.4, 0.5) is 0 Å². The van der Waals surface area contributed by atoms with Gasteiger partial charge in [0.1, 0.15) is 6.10 Å². The van der Waals surface area contributed by atoms with E-state index in [2.05, 4.69) is 15.0 Å². The first-order chi connectivity index (χ1) is 10.2. The Morgan fingerprint density at radius 2 is 1.90 bits per heavy atom. The summed E-state index contributed by atoms with van der Waals surface area (Å²) in [4.78, 5) is 6.86. The van der Waals surface area contributed by atoms with Crippen LogP contribution < -0.4 is 0 Å². The second-order valence-corrected chi connectivity index (χ2v) is 4.59. The molecule has 2 rings (SSSR count). The predicted molar refractivity (Wildman–Crippen MR) is 79.3 cm³/mol. The molecule has 1 aromatic heterocycles. The van der Waals surface area contributed by atoms with E-state index in [1.54, 1.807) is 18.3 Å². The number of nitrogens with zero attached hydrogens (tertiary/aromatic N) is 4. The predicted octanol–water partition coefficient (Wildman–Crippen LogP) is 2.84. The highest BCUT2D eigenvalue weighted by Gasteiger charge is 2.17. The third-order valence-corrected chi connectivity index (χ3v) is 3.17. The summed E-state index contributed by atoms with van der Waals surface area (Å²) in [5, 5.41) is 23.2. The van der Waals surface area contributed by atoms with Gasteiger partial charge in [-0.05, 0) is 29.6 Å². The third-order valence-electron chi connectivity index (χ3n) is 3.17. The minimum atomic E-state index is -1.00. The van der Waals surface area contributed by atoms with E-state index in [4.69, 9.17) is 5.53 Å². The molecule has 0 aliphatic rings. The highest BCUT2D eigenvalue weighted by molar-refractivity contribution is 5.59. The molecule has 0 fully saturated rings. The Bertz CT molecular complexity index is 609. The van der Waals surface area contributed by atoms with Crippen molar-refractivity contribution in [2.75, 3.05) is 6.54 Å². The van der Waals surface area contributed by atoms with Crippen molar-refractivity contribution in [2.24, 2.45) is 5.11 Å². The highest BCUT2D eigenvalue weighted by atomic mass is 16.3. The Balaban J connectivity index is 2.06. The number of azide groups is 1. The maximum Gasteiger partial charge on any atom is 0.105 e. The fourth-order valence-electron chi connectivity index (χ4n) is 2.00. The van der Waals surface area contributed by atoms with E-state index in [0.717, 1.165) is 11.3 Å². The van der Waals surface area contributed by atoms with Crippen molar-refractivity contribution in [3.05, 3.63) is 64.7 Å². The van der Waals surface area contributed by atoms with Gasteiger partial charge in [0.05, 0.1) is 11.8 Å². The smallest absolute Gasteiger partial charge is 0.105 e. The number of hydrogen-bond acceptors (Lipinski definition) is 4. The van der Waals surface area contributed by atoms with E-state index in [0.29, 0.717) is 5.56 Å². The lowest BCUT2D eigenvalue weighted by atomic mass is 10.00. The van der Waals surface area contributed by atoms with Gasteiger partial charge in [-0.25, -0.2) is 0 Å². The molecule has 0 saturated carbocycles. The van der Waals surface area contributed by atoms with Crippen LogP contribution in [0.5, 0.6) is 0 Å². The van der Waals surface area contributed by atoms with Gasteiger partial charge >= 0.3 is 0 Å². The van der Waals surface area contributed by atoms with Crippen LogP contribution in [-0.4, -0.2) is 27.8 Å². The molecule has 108 valence electrons. The molecule has 0 spiro atoms. The first-order valence-electron chi connectivity index (χ1n) is 6.60. The van der Waals surface area contributed by atoms with Crippen molar-refractivity contribution in [3.8, 4) is 11.3 Å². The standard InChI is InChI=1S/C15H16N4O2/c16-19-18-10-8-14(20)15(21)12-6-4-11(5-7-12)13-3-1-2-9-17-13/h1-7,9,14-15,20-21H,8,10H2. The third kappa shape index (κ3) is 4.03. The zero-order valence-corrected chi connectivity index (χ0v) is 11.4. The Labute approximate surface area is 122 Å². The fourth-order valence-corrected chi connectivity index (χ4v) is 2.00. The molecular weight excluding hydrogens is 268 g/mol. The minimum absolute atomic E-state index is 0.154. The van der Waals surface area contributed by atoms with Gasteiger partial charge in [0, 0.05) is 23.2 Å². The van der Waals surface area contributed by atoms with E-state index >= 15 is 0 Å². The number of hydrogen-bond donors (Lipinski definition) is 2. The molecule has 2 atom stereocenters. The Morgan fingerprint density at radius 1 is 1.14 bits per heavy atom. The van der Waals surface area contributed by atoms with Crippen molar-refractivity contribution >= 4 is 0 Å². The van der Waals surface area contributed by atoms with Gasteiger partial charge < -0.3 is 10.2 Å². The van der Waals surface area contributed by atoms with E-state index in [-0.39, 0.29) is 13.0 Å². The number of pyridine rings is 1. The molecule has 1 heterocycles. The summed E-state index contributed by atoms with van der Waals surface area (Å²) in [6.45, 7) is 0.154. The maximum atomic E-state index is 10.0. The van der Waals surface area contributed by atoms with E-state index in [1.165, 1.54) is 0 Å². The normalized spacial score (nSPS) is 13.2. The SMILES string of the molecule is [N-]=[N+]=NCCC(O)C(O)c1ccc(-c2ccccn2)cc1. The molecule has 21 heavy (non-hydrogen) atoms. The van der Waals surface area contributed by atoms with Gasteiger partial charge in [0.15, 0.2) is 0 Å². The topological polar surface area (TPSA) is 102 Å². The summed E-state index contributed by atoms with van der Waals surface area (Å²) in [5.74, 6) is 0. The van der Waals surface area contributed by atoms with Gasteiger partial charge in [-0.15, -0.1) is 0 Å².